The Kier molecular flexibility index (Phi) is 7.82. The number of rotatable bonds is 10. The summed E-state index contributed by atoms with van der Waals surface area (Å²) in [7, 11) is -3.36. The van der Waals surface area contributed by atoms with E-state index in [1.165, 1.54) is 5.56 Å². The number of aromatic nitrogens is 3. The van der Waals surface area contributed by atoms with Gasteiger partial charge >= 0.3 is 0 Å². The first-order valence-electron chi connectivity index (χ1n) is 14.3. The van der Waals surface area contributed by atoms with Crippen molar-refractivity contribution in [3.63, 3.8) is 0 Å². The van der Waals surface area contributed by atoms with Gasteiger partial charge < -0.3 is 14.7 Å². The molecule has 2 fully saturated rings. The highest BCUT2D eigenvalue weighted by atomic mass is 32.2. The van der Waals surface area contributed by atoms with Crippen molar-refractivity contribution in [1.82, 2.24) is 19.3 Å². The van der Waals surface area contributed by atoms with Gasteiger partial charge in [-0.3, -0.25) is 0 Å². The molecule has 6 rings (SSSR count). The highest BCUT2D eigenvalue weighted by molar-refractivity contribution is 7.89. The summed E-state index contributed by atoms with van der Waals surface area (Å²) in [6, 6.07) is 6.23. The molecule has 2 aromatic heterocycles. The summed E-state index contributed by atoms with van der Waals surface area (Å²) in [4.78, 5) is 16.1. The third-order valence-electron chi connectivity index (χ3n) is 8.18. The number of sulfonamides is 1. The van der Waals surface area contributed by atoms with Gasteiger partial charge in [0.2, 0.25) is 16.0 Å². The minimum atomic E-state index is -3.36. The Hall–Kier alpha value is -2.60. The molecule has 9 nitrogen and oxygen atoms in total. The summed E-state index contributed by atoms with van der Waals surface area (Å²) >= 11 is 1.56. The maximum atomic E-state index is 12.7. The summed E-state index contributed by atoms with van der Waals surface area (Å²) in [5.41, 5.74) is 3.61. The van der Waals surface area contributed by atoms with E-state index in [1.807, 2.05) is 24.5 Å². The molecule has 3 aromatic rings. The number of thiazole rings is 1. The summed E-state index contributed by atoms with van der Waals surface area (Å²) in [6.45, 7) is 4.71. The predicted molar refractivity (Wildman–Crippen MR) is 158 cm³/mol. The SMILES string of the molecule is CCCc1cnc(N2CCC(Oc3nc4ccc(C5=CCN(S(=O)(=O)CCC6(O)CC6)CC5)cc4s3)CC2)nc1. The van der Waals surface area contributed by atoms with Gasteiger partial charge in [-0.2, -0.15) is 4.31 Å². The molecule has 0 bridgehead atoms. The number of aryl methyl sites for hydroxylation is 1. The largest absolute Gasteiger partial charge is 0.467 e. The molecule has 11 heteroatoms. The van der Waals surface area contributed by atoms with Gasteiger partial charge in [0.1, 0.15) is 6.10 Å². The minimum absolute atomic E-state index is 0.0151. The van der Waals surface area contributed by atoms with E-state index in [0.717, 1.165) is 66.1 Å². The summed E-state index contributed by atoms with van der Waals surface area (Å²) in [5.74, 6) is 0.807. The molecule has 0 amide bonds. The minimum Gasteiger partial charge on any atom is -0.467 e. The third kappa shape index (κ3) is 6.32. The molecule has 1 aliphatic carbocycles. The number of hydrogen-bond donors (Lipinski definition) is 1. The average molecular weight is 584 g/mol. The van der Waals surface area contributed by atoms with Gasteiger partial charge in [-0.15, -0.1) is 0 Å². The molecule has 0 unspecified atom stereocenters. The Morgan fingerprint density at radius 1 is 1.15 bits per heavy atom. The van der Waals surface area contributed by atoms with Crippen molar-refractivity contribution in [3.8, 4) is 5.19 Å². The van der Waals surface area contributed by atoms with Crippen LogP contribution >= 0.6 is 11.3 Å². The number of aliphatic hydroxyl groups is 1. The van der Waals surface area contributed by atoms with E-state index in [2.05, 4.69) is 33.9 Å². The average Bonchev–Trinajstić information content (AvgIpc) is 3.58. The van der Waals surface area contributed by atoms with Crippen LogP contribution in [0.25, 0.3) is 15.8 Å². The predicted octanol–water partition coefficient (Wildman–Crippen LogP) is 4.42. The van der Waals surface area contributed by atoms with Crippen LogP contribution in [0.4, 0.5) is 5.95 Å². The molecule has 3 aliphatic rings. The number of benzene rings is 1. The Morgan fingerprint density at radius 2 is 1.93 bits per heavy atom. The molecule has 1 N–H and O–H groups in total. The van der Waals surface area contributed by atoms with E-state index in [0.29, 0.717) is 44.0 Å². The zero-order chi connectivity index (χ0) is 27.7. The van der Waals surface area contributed by atoms with Crippen LogP contribution in [-0.4, -0.2) is 76.4 Å². The summed E-state index contributed by atoms with van der Waals surface area (Å²) < 4.78 is 34.4. The van der Waals surface area contributed by atoms with Gasteiger partial charge in [0, 0.05) is 51.4 Å². The first-order chi connectivity index (χ1) is 19.3. The standard InChI is InChI=1S/C29H37N5O4S2/c1-2-3-21-19-30-27(31-20-21)33-13-8-24(9-14-33)38-28-32-25-5-4-23(18-26(25)39-28)22-6-15-34(16-7-22)40(36,37)17-12-29(35)10-11-29/h4-6,18-20,24,35H,2-3,7-17H2,1H3. The molecule has 0 atom stereocenters. The molecule has 1 aromatic carbocycles. The van der Waals surface area contributed by atoms with E-state index in [9.17, 15) is 13.5 Å². The van der Waals surface area contributed by atoms with Crippen LogP contribution in [0, 0.1) is 0 Å². The van der Waals surface area contributed by atoms with Gasteiger partial charge in [0.05, 0.1) is 21.6 Å². The van der Waals surface area contributed by atoms with Crippen LogP contribution in [0.1, 0.15) is 63.0 Å². The molecule has 2 aliphatic heterocycles. The first kappa shape index (κ1) is 27.6. The molecule has 214 valence electrons. The normalized spacial score (nSPS) is 20.1. The molecular weight excluding hydrogens is 546 g/mol. The third-order valence-corrected chi connectivity index (χ3v) is 10.9. The lowest BCUT2D eigenvalue weighted by Gasteiger charge is -2.31. The fourth-order valence-corrected chi connectivity index (χ4v) is 7.89. The number of nitrogens with zero attached hydrogens (tertiary/aromatic N) is 5. The van der Waals surface area contributed by atoms with Gasteiger partial charge in [-0.05, 0) is 60.9 Å². The van der Waals surface area contributed by atoms with Crippen molar-refractivity contribution in [3.05, 3.63) is 47.8 Å². The molecule has 0 spiro atoms. The van der Waals surface area contributed by atoms with Crippen LogP contribution in [0.5, 0.6) is 5.19 Å². The Bertz CT molecular complexity index is 1480. The number of anilines is 1. The lowest BCUT2D eigenvalue weighted by Crippen LogP contribution is -2.39. The zero-order valence-corrected chi connectivity index (χ0v) is 24.6. The fraction of sp³-hybridized carbons (Fsp3) is 0.552. The summed E-state index contributed by atoms with van der Waals surface area (Å²) in [6.07, 6.45) is 12.3. The molecule has 1 saturated carbocycles. The van der Waals surface area contributed by atoms with E-state index in [1.54, 1.807) is 15.6 Å². The van der Waals surface area contributed by atoms with Crippen LogP contribution in [0.15, 0.2) is 36.7 Å². The van der Waals surface area contributed by atoms with Crippen LogP contribution in [0.2, 0.25) is 0 Å². The van der Waals surface area contributed by atoms with E-state index < -0.39 is 15.6 Å². The van der Waals surface area contributed by atoms with Gasteiger partial charge in [-0.1, -0.05) is 36.8 Å². The van der Waals surface area contributed by atoms with Crippen molar-refractivity contribution < 1.29 is 18.3 Å². The number of ether oxygens (including phenoxy) is 1. The van der Waals surface area contributed by atoms with E-state index in [4.69, 9.17) is 9.72 Å². The molecular formula is C29H37N5O4S2. The van der Waals surface area contributed by atoms with Crippen molar-refractivity contribution in [2.45, 2.75) is 70.0 Å². The van der Waals surface area contributed by atoms with Gasteiger partial charge in [0.25, 0.3) is 5.19 Å². The molecule has 1 saturated heterocycles. The number of hydrogen-bond acceptors (Lipinski definition) is 9. The maximum Gasteiger partial charge on any atom is 0.274 e. The van der Waals surface area contributed by atoms with Gasteiger partial charge in [-0.25, -0.2) is 23.4 Å². The van der Waals surface area contributed by atoms with Crippen LogP contribution in [-0.2, 0) is 16.4 Å². The zero-order valence-electron chi connectivity index (χ0n) is 23.0. The highest BCUT2D eigenvalue weighted by Crippen LogP contribution is 2.39. The van der Waals surface area contributed by atoms with Crippen molar-refractivity contribution >= 4 is 43.1 Å². The highest BCUT2D eigenvalue weighted by Gasteiger charge is 2.41. The van der Waals surface area contributed by atoms with Crippen molar-refractivity contribution in [2.24, 2.45) is 0 Å². The fourth-order valence-electron chi connectivity index (χ4n) is 5.41. The van der Waals surface area contributed by atoms with E-state index >= 15 is 0 Å². The monoisotopic (exact) mass is 583 g/mol. The summed E-state index contributed by atoms with van der Waals surface area (Å²) in [5, 5.41) is 10.7. The second-order valence-electron chi connectivity index (χ2n) is 11.2. The quantitative estimate of drug-likeness (QED) is 0.374. The lowest BCUT2D eigenvalue weighted by molar-refractivity contribution is 0.146. The second-order valence-corrected chi connectivity index (χ2v) is 14.3. The van der Waals surface area contributed by atoms with Crippen molar-refractivity contribution in [2.75, 3.05) is 36.8 Å². The Labute approximate surface area is 240 Å². The van der Waals surface area contributed by atoms with Gasteiger partial charge in [0.15, 0.2) is 0 Å². The smallest absolute Gasteiger partial charge is 0.274 e. The molecule has 40 heavy (non-hydrogen) atoms. The number of piperidine rings is 1. The topological polar surface area (TPSA) is 109 Å². The molecule has 0 radical (unpaired) electrons. The Balaban J connectivity index is 1.04. The maximum absolute atomic E-state index is 12.7. The Morgan fingerprint density at radius 3 is 2.60 bits per heavy atom. The van der Waals surface area contributed by atoms with Crippen molar-refractivity contribution in [1.29, 1.82) is 0 Å². The second kappa shape index (κ2) is 11.3. The van der Waals surface area contributed by atoms with Crippen LogP contribution in [0.3, 0.4) is 0 Å². The van der Waals surface area contributed by atoms with E-state index in [-0.39, 0.29) is 11.9 Å². The lowest BCUT2D eigenvalue weighted by atomic mass is 10.0. The number of fused-ring (bicyclic) bond motifs is 1. The first-order valence-corrected chi connectivity index (χ1v) is 16.8. The molecule has 4 heterocycles. The van der Waals surface area contributed by atoms with Crippen LogP contribution < -0.4 is 9.64 Å².